The van der Waals surface area contributed by atoms with Gasteiger partial charge in [0.1, 0.15) is 6.33 Å². The average molecular weight is 513 g/mol. The lowest BCUT2D eigenvalue weighted by Crippen LogP contribution is -2.38. The molecule has 0 amide bonds. The third kappa shape index (κ3) is 9.34. The number of rotatable bonds is 17. The Balaban J connectivity index is 1.76. The van der Waals surface area contributed by atoms with Crippen LogP contribution in [0, 0.1) is 0 Å². The molecule has 0 aromatic carbocycles. The van der Waals surface area contributed by atoms with Crippen molar-refractivity contribution in [2.24, 2.45) is 14.1 Å². The number of allylic oxidation sites excluding steroid dienone is 6. The molecule has 37 heavy (non-hydrogen) atoms. The van der Waals surface area contributed by atoms with E-state index >= 15 is 0 Å². The highest BCUT2D eigenvalue weighted by Crippen LogP contribution is 2.21. The second-order valence-electron chi connectivity index (χ2n) is 9.39. The SMILES string of the molecule is CCCCC/C=C\C/C=C\C/C=C\CCCCC(=O)OC(CCC)n1cnc2c1c(=O)n(C)c(=O)n2C. The molecule has 0 aliphatic rings. The van der Waals surface area contributed by atoms with E-state index in [0.29, 0.717) is 12.8 Å². The summed E-state index contributed by atoms with van der Waals surface area (Å²) in [4.78, 5) is 41.7. The number of fused-ring (bicyclic) bond motifs is 1. The number of unbranched alkanes of at least 4 members (excludes halogenated alkanes) is 5. The lowest BCUT2D eigenvalue weighted by molar-refractivity contribution is -0.154. The van der Waals surface area contributed by atoms with Gasteiger partial charge in [-0.25, -0.2) is 9.78 Å². The number of nitrogens with zero attached hydrogens (tertiary/aromatic N) is 4. The van der Waals surface area contributed by atoms with Gasteiger partial charge in [0.15, 0.2) is 17.4 Å². The topological polar surface area (TPSA) is 88.1 Å². The first kappa shape index (κ1) is 30.1. The zero-order valence-electron chi connectivity index (χ0n) is 23.0. The van der Waals surface area contributed by atoms with Gasteiger partial charge in [-0.3, -0.25) is 23.3 Å². The molecule has 8 heteroatoms. The molecule has 0 fully saturated rings. The highest BCUT2D eigenvalue weighted by molar-refractivity contribution is 5.71. The molecule has 0 saturated carbocycles. The fourth-order valence-electron chi connectivity index (χ4n) is 4.12. The van der Waals surface area contributed by atoms with Gasteiger partial charge in [0, 0.05) is 26.9 Å². The minimum absolute atomic E-state index is 0.262. The van der Waals surface area contributed by atoms with Crippen LogP contribution < -0.4 is 11.2 Å². The van der Waals surface area contributed by atoms with Crippen molar-refractivity contribution in [3.05, 3.63) is 63.6 Å². The molecule has 0 spiro atoms. The van der Waals surface area contributed by atoms with Crippen LogP contribution in [0.15, 0.2) is 52.4 Å². The van der Waals surface area contributed by atoms with Crippen LogP contribution in [0.5, 0.6) is 0 Å². The average Bonchev–Trinajstić information content (AvgIpc) is 3.33. The van der Waals surface area contributed by atoms with Crippen LogP contribution in [-0.2, 0) is 23.6 Å². The Kier molecular flexibility index (Phi) is 13.5. The smallest absolute Gasteiger partial charge is 0.332 e. The lowest BCUT2D eigenvalue weighted by Gasteiger charge is -2.19. The molecule has 8 nitrogen and oxygen atoms in total. The highest BCUT2D eigenvalue weighted by Gasteiger charge is 2.22. The molecule has 0 radical (unpaired) electrons. The van der Waals surface area contributed by atoms with Gasteiger partial charge in [0.25, 0.3) is 5.56 Å². The van der Waals surface area contributed by atoms with Crippen molar-refractivity contribution >= 4 is 17.1 Å². The maximum atomic E-state index is 12.7. The van der Waals surface area contributed by atoms with Crippen LogP contribution in [0.2, 0.25) is 0 Å². The van der Waals surface area contributed by atoms with Crippen molar-refractivity contribution in [2.75, 3.05) is 0 Å². The van der Waals surface area contributed by atoms with Gasteiger partial charge >= 0.3 is 11.7 Å². The van der Waals surface area contributed by atoms with Crippen LogP contribution >= 0.6 is 0 Å². The number of carbonyl (C=O) groups is 1. The first-order valence-electron chi connectivity index (χ1n) is 13.7. The highest BCUT2D eigenvalue weighted by atomic mass is 16.6. The van der Waals surface area contributed by atoms with E-state index in [0.717, 1.165) is 43.1 Å². The van der Waals surface area contributed by atoms with E-state index in [2.05, 4.69) is 48.4 Å². The molecule has 1 atom stereocenters. The van der Waals surface area contributed by atoms with Crippen molar-refractivity contribution in [1.29, 1.82) is 0 Å². The lowest BCUT2D eigenvalue weighted by atomic mass is 10.1. The quantitative estimate of drug-likeness (QED) is 0.150. The molecular formula is C29H44N4O4. The fourth-order valence-corrected chi connectivity index (χ4v) is 4.12. The Bertz CT molecular complexity index is 1180. The first-order valence-corrected chi connectivity index (χ1v) is 13.7. The summed E-state index contributed by atoms with van der Waals surface area (Å²) in [7, 11) is 3.00. The van der Waals surface area contributed by atoms with Crippen molar-refractivity contribution < 1.29 is 9.53 Å². The van der Waals surface area contributed by atoms with Crippen molar-refractivity contribution in [3.63, 3.8) is 0 Å². The molecule has 0 bridgehead atoms. The summed E-state index contributed by atoms with van der Waals surface area (Å²) in [6, 6.07) is 0. The van der Waals surface area contributed by atoms with Crippen molar-refractivity contribution in [2.45, 2.75) is 97.1 Å². The molecule has 1 unspecified atom stereocenters. The molecule has 0 aliphatic carbocycles. The van der Waals surface area contributed by atoms with E-state index in [-0.39, 0.29) is 17.1 Å². The minimum atomic E-state index is -0.634. The maximum Gasteiger partial charge on any atom is 0.332 e. The van der Waals surface area contributed by atoms with E-state index < -0.39 is 17.5 Å². The van der Waals surface area contributed by atoms with E-state index in [1.807, 2.05) is 6.92 Å². The van der Waals surface area contributed by atoms with Crippen LogP contribution in [0.25, 0.3) is 11.2 Å². The number of aryl methyl sites for hydroxylation is 1. The zero-order valence-corrected chi connectivity index (χ0v) is 23.0. The fraction of sp³-hybridized carbons (Fsp3) is 0.586. The number of aromatic nitrogens is 4. The van der Waals surface area contributed by atoms with Gasteiger partial charge in [0.05, 0.1) is 0 Å². The van der Waals surface area contributed by atoms with E-state index in [4.69, 9.17) is 4.74 Å². The van der Waals surface area contributed by atoms with Crippen molar-refractivity contribution in [1.82, 2.24) is 18.7 Å². The molecule has 2 aromatic heterocycles. The summed E-state index contributed by atoms with van der Waals surface area (Å²) < 4.78 is 9.69. The van der Waals surface area contributed by atoms with Gasteiger partial charge in [0.2, 0.25) is 0 Å². The van der Waals surface area contributed by atoms with Gasteiger partial charge in [-0.05, 0) is 44.9 Å². The third-order valence-corrected chi connectivity index (χ3v) is 6.31. The number of carbonyl (C=O) groups excluding carboxylic acids is 1. The number of hydrogen-bond donors (Lipinski definition) is 0. The van der Waals surface area contributed by atoms with E-state index in [9.17, 15) is 14.4 Å². The number of hydrogen-bond acceptors (Lipinski definition) is 5. The van der Waals surface area contributed by atoms with E-state index in [1.165, 1.54) is 43.6 Å². The van der Waals surface area contributed by atoms with Gasteiger partial charge in [-0.1, -0.05) is 69.6 Å². The predicted molar refractivity (Wildman–Crippen MR) is 150 cm³/mol. The van der Waals surface area contributed by atoms with Crippen LogP contribution in [0.3, 0.4) is 0 Å². The summed E-state index contributed by atoms with van der Waals surface area (Å²) >= 11 is 0. The first-order chi connectivity index (χ1) is 17.9. The van der Waals surface area contributed by atoms with E-state index in [1.54, 1.807) is 11.6 Å². The molecule has 0 saturated heterocycles. The van der Waals surface area contributed by atoms with Gasteiger partial charge in [-0.15, -0.1) is 0 Å². The Morgan fingerprint density at radius 1 is 0.892 bits per heavy atom. The summed E-state index contributed by atoms with van der Waals surface area (Å²) in [6.07, 6.45) is 25.2. The van der Waals surface area contributed by atoms with Gasteiger partial charge < -0.3 is 4.74 Å². The number of ether oxygens (including phenoxy) is 1. The normalized spacial score (nSPS) is 13.0. The molecule has 2 heterocycles. The number of imidazole rings is 1. The zero-order chi connectivity index (χ0) is 27.0. The van der Waals surface area contributed by atoms with Crippen LogP contribution in [0.4, 0.5) is 0 Å². The second kappa shape index (κ2) is 16.6. The molecule has 0 N–H and O–H groups in total. The molecule has 2 aromatic rings. The van der Waals surface area contributed by atoms with Crippen molar-refractivity contribution in [3.8, 4) is 0 Å². The number of esters is 1. The second-order valence-corrected chi connectivity index (χ2v) is 9.39. The molecule has 0 aliphatic heterocycles. The largest absolute Gasteiger partial charge is 0.441 e. The standard InChI is InChI=1S/C29H44N4O4/c1-5-7-8-9-10-11-12-13-14-15-16-17-18-19-20-22-25(34)37-24(21-6-2)33-23-30-27-26(33)28(35)32(4)29(36)31(27)3/h10-11,13-14,16-17,23-24H,5-9,12,15,18-22H2,1-4H3/b11-10-,14-13-,17-16-. The Morgan fingerprint density at radius 3 is 2.14 bits per heavy atom. The molecular weight excluding hydrogens is 468 g/mol. The summed E-state index contributed by atoms with van der Waals surface area (Å²) in [6.45, 7) is 4.21. The summed E-state index contributed by atoms with van der Waals surface area (Å²) in [5, 5.41) is 0. The monoisotopic (exact) mass is 512 g/mol. The van der Waals surface area contributed by atoms with Crippen LogP contribution in [-0.4, -0.2) is 24.7 Å². The van der Waals surface area contributed by atoms with Gasteiger partial charge in [-0.2, -0.15) is 0 Å². The summed E-state index contributed by atoms with van der Waals surface area (Å²) in [5.41, 5.74) is -0.348. The Morgan fingerprint density at radius 2 is 1.51 bits per heavy atom. The maximum absolute atomic E-state index is 12.7. The predicted octanol–water partition coefficient (Wildman–Crippen LogP) is 5.87. The third-order valence-electron chi connectivity index (χ3n) is 6.31. The summed E-state index contributed by atoms with van der Waals surface area (Å²) in [5.74, 6) is -0.295. The Labute approximate surface area is 220 Å². The van der Waals surface area contributed by atoms with Crippen LogP contribution in [0.1, 0.15) is 97.1 Å². The Hall–Kier alpha value is -3.16. The molecule has 204 valence electrons. The molecule has 2 rings (SSSR count). The minimum Gasteiger partial charge on any atom is -0.441 e.